The van der Waals surface area contributed by atoms with Gasteiger partial charge in [0, 0.05) is 49.9 Å². The molecular weight excluding hydrogens is 284 g/mol. The van der Waals surface area contributed by atoms with Crippen molar-refractivity contribution in [2.24, 2.45) is 0 Å². The summed E-state index contributed by atoms with van der Waals surface area (Å²) in [6.45, 7) is 4.54. The molecule has 21 heavy (non-hydrogen) atoms. The van der Waals surface area contributed by atoms with Gasteiger partial charge in [0.15, 0.2) is 5.82 Å². The van der Waals surface area contributed by atoms with Gasteiger partial charge in [-0.25, -0.2) is 4.98 Å². The minimum absolute atomic E-state index is 0.0404. The Morgan fingerprint density at radius 1 is 1.33 bits per heavy atom. The van der Waals surface area contributed by atoms with Crippen LogP contribution in [-0.4, -0.2) is 46.2 Å². The Kier molecular flexibility index (Phi) is 4.85. The molecular formula is C15H24N4OS. The van der Waals surface area contributed by atoms with Crippen molar-refractivity contribution in [3.63, 3.8) is 0 Å². The van der Waals surface area contributed by atoms with E-state index in [1.54, 1.807) is 17.0 Å². The van der Waals surface area contributed by atoms with Gasteiger partial charge in [-0.2, -0.15) is 11.8 Å². The number of rotatable bonds is 4. The van der Waals surface area contributed by atoms with Crippen LogP contribution < -0.4 is 15.8 Å². The van der Waals surface area contributed by atoms with E-state index in [9.17, 15) is 4.79 Å². The molecule has 1 atom stereocenters. The molecule has 3 rings (SSSR count). The number of nitrogens with one attached hydrogen (secondary N) is 1. The highest BCUT2D eigenvalue weighted by Gasteiger charge is 2.25. The Hall–Kier alpha value is -1.01. The molecule has 1 aromatic rings. The molecule has 6 heteroatoms. The molecule has 0 aliphatic carbocycles. The first kappa shape index (κ1) is 14.9. The van der Waals surface area contributed by atoms with E-state index in [0.29, 0.717) is 24.4 Å². The molecule has 2 aliphatic heterocycles. The number of aromatic nitrogens is 2. The van der Waals surface area contributed by atoms with Crippen molar-refractivity contribution in [3.8, 4) is 0 Å². The summed E-state index contributed by atoms with van der Waals surface area (Å²) in [4.78, 5) is 18.8. The van der Waals surface area contributed by atoms with Crippen LogP contribution in [0.1, 0.15) is 26.2 Å². The molecule has 0 aromatic carbocycles. The first-order valence-corrected chi connectivity index (χ1v) is 9.07. The van der Waals surface area contributed by atoms with Crippen LogP contribution in [0.25, 0.3) is 0 Å². The van der Waals surface area contributed by atoms with E-state index in [4.69, 9.17) is 0 Å². The van der Waals surface area contributed by atoms with E-state index in [2.05, 4.69) is 15.2 Å². The van der Waals surface area contributed by atoms with Crippen molar-refractivity contribution in [2.45, 2.75) is 44.8 Å². The van der Waals surface area contributed by atoms with E-state index in [-0.39, 0.29) is 5.56 Å². The second-order valence-corrected chi connectivity index (χ2v) is 6.98. The summed E-state index contributed by atoms with van der Waals surface area (Å²) in [7, 11) is 0. The minimum atomic E-state index is 0.0404. The second-order valence-electron chi connectivity index (χ2n) is 5.83. The lowest BCUT2D eigenvalue weighted by molar-refractivity contribution is 0.377. The summed E-state index contributed by atoms with van der Waals surface area (Å²) < 4.78 is 1.72. The first-order valence-electron chi connectivity index (χ1n) is 7.92. The molecule has 2 saturated heterocycles. The molecule has 1 N–H and O–H groups in total. The predicted molar refractivity (Wildman–Crippen MR) is 88.3 cm³/mol. The fourth-order valence-electron chi connectivity index (χ4n) is 3.16. The molecule has 3 heterocycles. The lowest BCUT2D eigenvalue weighted by Gasteiger charge is -2.34. The third-order valence-corrected chi connectivity index (χ3v) is 5.59. The average Bonchev–Trinajstić information content (AvgIpc) is 3.01. The lowest BCUT2D eigenvalue weighted by Crippen LogP contribution is -2.47. The average molecular weight is 308 g/mol. The number of anilines is 1. The molecule has 116 valence electrons. The quantitative estimate of drug-likeness (QED) is 0.909. The number of hydrogen-bond donors (Lipinski definition) is 1. The van der Waals surface area contributed by atoms with Gasteiger partial charge < -0.3 is 14.8 Å². The van der Waals surface area contributed by atoms with Crippen molar-refractivity contribution in [2.75, 3.05) is 29.5 Å². The van der Waals surface area contributed by atoms with Crippen molar-refractivity contribution < 1.29 is 0 Å². The highest BCUT2D eigenvalue weighted by Crippen LogP contribution is 2.20. The van der Waals surface area contributed by atoms with Crippen molar-refractivity contribution in [1.82, 2.24) is 14.9 Å². The van der Waals surface area contributed by atoms with Gasteiger partial charge in [-0.1, -0.05) is 0 Å². The van der Waals surface area contributed by atoms with E-state index in [1.165, 1.54) is 17.9 Å². The van der Waals surface area contributed by atoms with Crippen molar-refractivity contribution in [1.29, 1.82) is 0 Å². The topological polar surface area (TPSA) is 50.2 Å². The normalized spacial score (nSPS) is 23.7. The Labute approximate surface area is 130 Å². The summed E-state index contributed by atoms with van der Waals surface area (Å²) in [5.41, 5.74) is 0.0404. The van der Waals surface area contributed by atoms with Gasteiger partial charge in [0.2, 0.25) is 0 Å². The third kappa shape index (κ3) is 3.43. The Morgan fingerprint density at radius 2 is 2.14 bits per heavy atom. The highest BCUT2D eigenvalue weighted by atomic mass is 32.2. The Bertz CT molecular complexity index is 519. The number of aryl methyl sites for hydroxylation is 1. The summed E-state index contributed by atoms with van der Waals surface area (Å²) in [5, 5.41) is 3.78. The van der Waals surface area contributed by atoms with E-state index in [1.807, 2.05) is 18.7 Å². The Morgan fingerprint density at radius 3 is 2.81 bits per heavy atom. The molecule has 0 radical (unpaired) electrons. The predicted octanol–water partition coefficient (Wildman–Crippen LogP) is 1.33. The maximum Gasteiger partial charge on any atom is 0.293 e. The van der Waals surface area contributed by atoms with Gasteiger partial charge in [-0.15, -0.1) is 0 Å². The zero-order valence-electron chi connectivity index (χ0n) is 12.6. The molecule has 0 spiro atoms. The van der Waals surface area contributed by atoms with Gasteiger partial charge in [-0.05, 0) is 31.9 Å². The van der Waals surface area contributed by atoms with Crippen LogP contribution in [0.15, 0.2) is 17.2 Å². The van der Waals surface area contributed by atoms with Crippen LogP contribution in [0.5, 0.6) is 0 Å². The van der Waals surface area contributed by atoms with Crippen LogP contribution in [0.3, 0.4) is 0 Å². The number of hydrogen-bond acceptors (Lipinski definition) is 5. The fourth-order valence-corrected chi connectivity index (χ4v) is 4.32. The second kappa shape index (κ2) is 6.83. The van der Waals surface area contributed by atoms with Gasteiger partial charge in [0.25, 0.3) is 5.56 Å². The largest absolute Gasteiger partial charge is 0.352 e. The molecule has 2 fully saturated rings. The van der Waals surface area contributed by atoms with Crippen LogP contribution in [0.4, 0.5) is 5.82 Å². The lowest BCUT2D eigenvalue weighted by atomic mass is 10.0. The van der Waals surface area contributed by atoms with Gasteiger partial charge in [0.05, 0.1) is 0 Å². The van der Waals surface area contributed by atoms with Crippen LogP contribution in [0.2, 0.25) is 0 Å². The monoisotopic (exact) mass is 308 g/mol. The highest BCUT2D eigenvalue weighted by molar-refractivity contribution is 7.99. The number of nitrogens with zero attached hydrogens (tertiary/aromatic N) is 3. The standard InChI is InChI=1S/C15H24N4OS/c1-2-18-9-6-16-14(15(18)20)19-7-3-12(4-8-19)17-13-5-10-21-11-13/h6,9,12-13,17H,2-5,7-8,10-11H2,1H3/t13-/m1/s1. The molecule has 1 aromatic heterocycles. The molecule has 5 nitrogen and oxygen atoms in total. The molecule has 0 amide bonds. The molecule has 0 unspecified atom stereocenters. The van der Waals surface area contributed by atoms with Crippen LogP contribution in [-0.2, 0) is 6.54 Å². The van der Waals surface area contributed by atoms with E-state index in [0.717, 1.165) is 25.9 Å². The van der Waals surface area contributed by atoms with E-state index < -0.39 is 0 Å². The molecule has 0 saturated carbocycles. The van der Waals surface area contributed by atoms with Crippen LogP contribution in [0, 0.1) is 0 Å². The van der Waals surface area contributed by atoms with Crippen molar-refractivity contribution in [3.05, 3.63) is 22.7 Å². The smallest absolute Gasteiger partial charge is 0.293 e. The summed E-state index contributed by atoms with van der Waals surface area (Å²) in [6, 6.07) is 1.29. The Balaban J connectivity index is 1.59. The maximum atomic E-state index is 12.3. The maximum absolute atomic E-state index is 12.3. The minimum Gasteiger partial charge on any atom is -0.352 e. The summed E-state index contributed by atoms with van der Waals surface area (Å²) in [5.74, 6) is 3.16. The van der Waals surface area contributed by atoms with Crippen LogP contribution >= 0.6 is 11.8 Å². The summed E-state index contributed by atoms with van der Waals surface area (Å²) in [6.07, 6.45) is 7.00. The number of thioether (sulfide) groups is 1. The third-order valence-electron chi connectivity index (χ3n) is 4.43. The zero-order valence-corrected chi connectivity index (χ0v) is 13.4. The first-order chi connectivity index (χ1) is 10.3. The van der Waals surface area contributed by atoms with Gasteiger partial charge in [0.1, 0.15) is 0 Å². The zero-order chi connectivity index (χ0) is 14.7. The van der Waals surface area contributed by atoms with Crippen molar-refractivity contribution >= 4 is 17.6 Å². The SMILES string of the molecule is CCn1ccnc(N2CCC(N[C@@H]3CCSC3)CC2)c1=O. The van der Waals surface area contributed by atoms with E-state index >= 15 is 0 Å². The summed E-state index contributed by atoms with van der Waals surface area (Å²) >= 11 is 2.05. The molecule has 2 aliphatic rings. The fraction of sp³-hybridized carbons (Fsp3) is 0.733. The van der Waals surface area contributed by atoms with Gasteiger partial charge >= 0.3 is 0 Å². The number of piperidine rings is 1. The van der Waals surface area contributed by atoms with Gasteiger partial charge in [-0.3, -0.25) is 4.79 Å². The molecule has 0 bridgehead atoms.